The number of fused-ring (bicyclic) bond motifs is 3. The van der Waals surface area contributed by atoms with Crippen molar-refractivity contribution in [3.05, 3.63) is 48.5 Å². The summed E-state index contributed by atoms with van der Waals surface area (Å²) in [5, 5.41) is 8.87. The van der Waals surface area contributed by atoms with Gasteiger partial charge in [0.2, 0.25) is 11.9 Å². The van der Waals surface area contributed by atoms with Crippen molar-refractivity contribution in [3.8, 4) is 0 Å². The van der Waals surface area contributed by atoms with E-state index in [1.807, 2.05) is 41.7 Å². The molecule has 6 rings (SSSR count). The molecule has 0 atom stereocenters. The third-order valence-electron chi connectivity index (χ3n) is 7.38. The number of carbonyl (C=O) groups is 1. The first-order valence-electron chi connectivity index (χ1n) is 12.8. The summed E-state index contributed by atoms with van der Waals surface area (Å²) in [5.41, 5.74) is 2.89. The van der Waals surface area contributed by atoms with Crippen molar-refractivity contribution in [2.24, 2.45) is 0 Å². The van der Waals surface area contributed by atoms with E-state index in [1.54, 1.807) is 6.20 Å². The van der Waals surface area contributed by atoms with Crippen molar-refractivity contribution < 1.29 is 4.79 Å². The zero-order chi connectivity index (χ0) is 24.7. The third kappa shape index (κ3) is 4.39. The van der Waals surface area contributed by atoms with Crippen LogP contribution in [0.1, 0.15) is 51.1 Å². The van der Waals surface area contributed by atoms with Gasteiger partial charge in [-0.15, -0.1) is 0 Å². The first-order valence-corrected chi connectivity index (χ1v) is 12.8. The summed E-state index contributed by atoms with van der Waals surface area (Å²) in [6.07, 6.45) is 12.6. The zero-order valence-corrected chi connectivity index (χ0v) is 20.9. The van der Waals surface area contributed by atoms with Gasteiger partial charge in [0.25, 0.3) is 0 Å². The summed E-state index contributed by atoms with van der Waals surface area (Å²) in [6.45, 7) is 6.52. The van der Waals surface area contributed by atoms with Gasteiger partial charge in [-0.1, -0.05) is 18.9 Å². The normalized spacial score (nSPS) is 18.2. The van der Waals surface area contributed by atoms with E-state index in [-0.39, 0.29) is 11.4 Å². The molecule has 1 saturated heterocycles. The summed E-state index contributed by atoms with van der Waals surface area (Å²) in [6, 6.07) is 6.31. The molecule has 0 bridgehead atoms. The molecular weight excluding hydrogens is 452 g/mol. The highest BCUT2D eigenvalue weighted by Crippen LogP contribution is 2.37. The predicted octanol–water partition coefficient (Wildman–Crippen LogP) is 3.99. The molecular formula is C27H32N8O. The fraction of sp³-hybridized carbons (Fsp3) is 0.444. The molecule has 9 nitrogen and oxygen atoms in total. The number of anilines is 2. The Morgan fingerprint density at radius 3 is 2.75 bits per heavy atom. The monoisotopic (exact) mass is 484 g/mol. The number of nitrogens with one attached hydrogen (secondary N) is 2. The van der Waals surface area contributed by atoms with Gasteiger partial charge in [0, 0.05) is 60.6 Å². The fourth-order valence-electron chi connectivity index (χ4n) is 5.62. The predicted molar refractivity (Wildman–Crippen MR) is 140 cm³/mol. The number of hydrogen-bond donors (Lipinski definition) is 2. The van der Waals surface area contributed by atoms with Crippen LogP contribution in [0.25, 0.3) is 21.9 Å². The van der Waals surface area contributed by atoms with Gasteiger partial charge in [-0.2, -0.15) is 4.98 Å². The van der Waals surface area contributed by atoms with Crippen LogP contribution in [0.2, 0.25) is 0 Å². The lowest BCUT2D eigenvalue weighted by Gasteiger charge is -2.39. The van der Waals surface area contributed by atoms with Crippen molar-refractivity contribution in [1.82, 2.24) is 34.7 Å². The van der Waals surface area contributed by atoms with Crippen molar-refractivity contribution >= 4 is 39.6 Å². The van der Waals surface area contributed by atoms with Gasteiger partial charge in [0.15, 0.2) is 0 Å². The number of amides is 1. The fourth-order valence-corrected chi connectivity index (χ4v) is 5.62. The van der Waals surface area contributed by atoms with Crippen LogP contribution >= 0.6 is 0 Å². The van der Waals surface area contributed by atoms with Crippen LogP contribution in [0.3, 0.4) is 0 Å². The van der Waals surface area contributed by atoms with E-state index >= 15 is 0 Å². The minimum atomic E-state index is -0.0545. The topological polar surface area (TPSA) is 101 Å². The first-order chi connectivity index (χ1) is 17.5. The molecule has 1 aliphatic carbocycles. The van der Waals surface area contributed by atoms with Crippen LogP contribution < -0.4 is 10.6 Å². The third-order valence-corrected chi connectivity index (χ3v) is 7.38. The number of aromatic nitrogens is 5. The van der Waals surface area contributed by atoms with E-state index in [9.17, 15) is 4.79 Å². The molecule has 0 aromatic carbocycles. The van der Waals surface area contributed by atoms with Crippen LogP contribution in [0.5, 0.6) is 0 Å². The molecule has 2 N–H and O–H groups in total. The van der Waals surface area contributed by atoms with E-state index in [0.29, 0.717) is 30.8 Å². The summed E-state index contributed by atoms with van der Waals surface area (Å²) in [7, 11) is 0. The van der Waals surface area contributed by atoms with Crippen molar-refractivity contribution in [3.63, 3.8) is 0 Å². The van der Waals surface area contributed by atoms with Crippen LogP contribution in [0.4, 0.5) is 11.8 Å². The average molecular weight is 485 g/mol. The van der Waals surface area contributed by atoms with Crippen molar-refractivity contribution in [2.45, 2.75) is 57.5 Å². The van der Waals surface area contributed by atoms with Crippen molar-refractivity contribution in [1.29, 1.82) is 0 Å². The number of nitrogens with zero attached hydrogens (tertiary/aromatic N) is 6. The Bertz CT molecular complexity index is 1400. The van der Waals surface area contributed by atoms with E-state index < -0.39 is 0 Å². The highest BCUT2D eigenvalue weighted by molar-refractivity contribution is 6.06. The number of carbonyl (C=O) groups excluding carboxylic acids is 1. The van der Waals surface area contributed by atoms with Crippen LogP contribution in [0.15, 0.2) is 43.0 Å². The lowest BCUT2D eigenvalue weighted by molar-refractivity contribution is -0.132. The molecule has 5 heterocycles. The van der Waals surface area contributed by atoms with Crippen molar-refractivity contribution in [2.75, 3.05) is 25.0 Å². The van der Waals surface area contributed by atoms with E-state index in [2.05, 4.69) is 44.0 Å². The summed E-state index contributed by atoms with van der Waals surface area (Å²) in [4.78, 5) is 33.1. The molecule has 2 fully saturated rings. The molecule has 0 spiro atoms. The average Bonchev–Trinajstić information content (AvgIpc) is 3.50. The minimum Gasteiger partial charge on any atom is -0.339 e. The number of rotatable bonds is 5. The minimum absolute atomic E-state index is 0.0545. The molecule has 1 saturated carbocycles. The lowest BCUT2D eigenvalue weighted by atomic mass is 10.0. The van der Waals surface area contributed by atoms with E-state index in [0.717, 1.165) is 53.4 Å². The van der Waals surface area contributed by atoms with Gasteiger partial charge in [-0.3, -0.25) is 9.78 Å². The van der Waals surface area contributed by atoms with E-state index in [4.69, 9.17) is 4.98 Å². The summed E-state index contributed by atoms with van der Waals surface area (Å²) < 4.78 is 2.34. The van der Waals surface area contributed by atoms with Crippen LogP contribution in [-0.2, 0) is 11.2 Å². The lowest BCUT2D eigenvalue weighted by Crippen LogP contribution is -2.58. The number of hydrogen-bond acceptors (Lipinski definition) is 7. The maximum absolute atomic E-state index is 12.8. The maximum atomic E-state index is 12.8. The Morgan fingerprint density at radius 1 is 1.11 bits per heavy atom. The number of piperazine rings is 1. The molecule has 9 heteroatoms. The SMILES string of the molecule is CC1(C)CN(C(=O)Cc2ccc(Nc3ncc4c5ccncc5n(C5CCCC5)c4n3)nc2)CCN1. The molecule has 4 aromatic heterocycles. The Labute approximate surface area is 210 Å². The van der Waals surface area contributed by atoms with Gasteiger partial charge < -0.3 is 20.1 Å². The van der Waals surface area contributed by atoms with Gasteiger partial charge in [-0.25, -0.2) is 9.97 Å². The Hall–Kier alpha value is -3.59. The van der Waals surface area contributed by atoms with Gasteiger partial charge in [0.05, 0.1) is 18.1 Å². The molecule has 2 aliphatic rings. The largest absolute Gasteiger partial charge is 0.339 e. The second-order valence-electron chi connectivity index (χ2n) is 10.6. The van der Waals surface area contributed by atoms with Gasteiger partial charge in [-0.05, 0) is 44.4 Å². The smallest absolute Gasteiger partial charge is 0.230 e. The maximum Gasteiger partial charge on any atom is 0.230 e. The van der Waals surface area contributed by atoms with Crippen LogP contribution in [-0.4, -0.2) is 60.5 Å². The van der Waals surface area contributed by atoms with E-state index in [1.165, 1.54) is 12.8 Å². The van der Waals surface area contributed by atoms with Gasteiger partial charge in [0.1, 0.15) is 11.5 Å². The molecule has 1 aliphatic heterocycles. The summed E-state index contributed by atoms with van der Waals surface area (Å²) >= 11 is 0. The Morgan fingerprint density at radius 2 is 1.97 bits per heavy atom. The zero-order valence-electron chi connectivity index (χ0n) is 20.9. The molecule has 186 valence electrons. The van der Waals surface area contributed by atoms with Gasteiger partial charge >= 0.3 is 0 Å². The van der Waals surface area contributed by atoms with Crippen LogP contribution in [0, 0.1) is 0 Å². The molecule has 4 aromatic rings. The Balaban J connectivity index is 1.21. The highest BCUT2D eigenvalue weighted by atomic mass is 16.2. The second-order valence-corrected chi connectivity index (χ2v) is 10.6. The molecule has 0 radical (unpaired) electrons. The molecule has 0 unspecified atom stereocenters. The molecule has 36 heavy (non-hydrogen) atoms. The number of pyridine rings is 2. The highest BCUT2D eigenvalue weighted by Gasteiger charge is 2.28. The standard InChI is InChI=1S/C27H32N8O/c1-27(2)17-34(12-11-31-27)24(36)13-18-7-8-23(29-14-18)32-26-30-15-21-20-9-10-28-16-22(20)35(25(21)33-26)19-5-3-4-6-19/h7-10,14-16,19,31H,3-6,11-13,17H2,1-2H3,(H,29,30,32,33). The molecule has 1 amide bonds. The first kappa shape index (κ1) is 22.8. The summed E-state index contributed by atoms with van der Waals surface area (Å²) in [5.74, 6) is 1.30. The quantitative estimate of drug-likeness (QED) is 0.442. The second kappa shape index (κ2) is 9.13. The Kier molecular flexibility index (Phi) is 5.79.